The fourth-order valence-corrected chi connectivity index (χ4v) is 6.71. The lowest BCUT2D eigenvalue weighted by Crippen LogP contribution is -2.22. The predicted octanol–water partition coefficient (Wildman–Crippen LogP) is 1.69. The van der Waals surface area contributed by atoms with Crippen molar-refractivity contribution >= 4 is 38.4 Å². The van der Waals surface area contributed by atoms with E-state index < -0.39 is 9.84 Å². The molecule has 7 nitrogen and oxygen atoms in total. The van der Waals surface area contributed by atoms with Gasteiger partial charge >= 0.3 is 0 Å². The number of amides is 1. The fourth-order valence-electron chi connectivity index (χ4n) is 3.03. The van der Waals surface area contributed by atoms with Gasteiger partial charge < -0.3 is 10.6 Å². The van der Waals surface area contributed by atoms with Crippen molar-refractivity contribution in [2.24, 2.45) is 4.99 Å². The standard InChI is InChI=1S/C18H18N4O3S2/c23-17(20-9-12-2-1-7-19-8-12)13-3-5-14(6-4-13)21-18-22-15-10-27(24,25)11-16(15)26-18/h1-8,15-16H,9-11H2,(H,20,23)(H,21,22)/t15-,16-/m1/s1. The molecule has 1 aromatic carbocycles. The molecule has 1 amide bonds. The Bertz CT molecular complexity index is 975. The Labute approximate surface area is 161 Å². The van der Waals surface area contributed by atoms with E-state index in [1.54, 1.807) is 24.5 Å². The van der Waals surface area contributed by atoms with Crippen LogP contribution in [0.1, 0.15) is 15.9 Å². The van der Waals surface area contributed by atoms with Gasteiger partial charge in [-0.25, -0.2) is 8.42 Å². The first kappa shape index (κ1) is 18.0. The molecule has 1 aromatic heterocycles. The van der Waals surface area contributed by atoms with Crippen molar-refractivity contribution in [2.45, 2.75) is 17.8 Å². The number of carbonyl (C=O) groups is 1. The minimum absolute atomic E-state index is 0.00928. The van der Waals surface area contributed by atoms with Crippen molar-refractivity contribution in [3.05, 3.63) is 59.9 Å². The Hall–Kier alpha value is -2.39. The van der Waals surface area contributed by atoms with Crippen LogP contribution < -0.4 is 10.6 Å². The van der Waals surface area contributed by atoms with E-state index in [0.29, 0.717) is 12.1 Å². The number of hydrogen-bond acceptors (Lipinski definition) is 7. The maximum absolute atomic E-state index is 12.2. The number of benzene rings is 1. The molecule has 4 rings (SSSR count). The minimum atomic E-state index is -2.95. The third-order valence-electron chi connectivity index (χ3n) is 4.39. The molecule has 1 fully saturated rings. The van der Waals surface area contributed by atoms with Crippen LogP contribution >= 0.6 is 11.8 Å². The van der Waals surface area contributed by atoms with Crippen LogP contribution in [-0.4, -0.2) is 47.3 Å². The Balaban J connectivity index is 1.33. The molecule has 2 N–H and O–H groups in total. The molecule has 9 heteroatoms. The van der Waals surface area contributed by atoms with Gasteiger partial charge in [0, 0.05) is 35.4 Å². The Morgan fingerprint density at radius 2 is 2.00 bits per heavy atom. The number of hydrogen-bond donors (Lipinski definition) is 2. The Morgan fingerprint density at radius 1 is 1.19 bits per heavy atom. The molecule has 0 aliphatic carbocycles. The number of aliphatic imine (C=N–C) groups is 1. The number of anilines is 1. The molecular weight excluding hydrogens is 384 g/mol. The van der Waals surface area contributed by atoms with Crippen LogP contribution in [0.5, 0.6) is 0 Å². The lowest BCUT2D eigenvalue weighted by Gasteiger charge is -2.08. The van der Waals surface area contributed by atoms with E-state index in [4.69, 9.17) is 0 Å². The smallest absolute Gasteiger partial charge is 0.251 e. The van der Waals surface area contributed by atoms with Crippen molar-refractivity contribution in [1.29, 1.82) is 0 Å². The van der Waals surface area contributed by atoms with Gasteiger partial charge in [-0.15, -0.1) is 0 Å². The van der Waals surface area contributed by atoms with Gasteiger partial charge in [0.1, 0.15) is 0 Å². The van der Waals surface area contributed by atoms with Crippen molar-refractivity contribution in [3.8, 4) is 0 Å². The first-order valence-electron chi connectivity index (χ1n) is 8.48. The van der Waals surface area contributed by atoms with Crippen LogP contribution in [0.25, 0.3) is 0 Å². The number of nitrogens with one attached hydrogen (secondary N) is 2. The van der Waals surface area contributed by atoms with Gasteiger partial charge in [0.15, 0.2) is 15.0 Å². The average Bonchev–Trinajstić information content (AvgIpc) is 3.13. The number of fused-ring (bicyclic) bond motifs is 1. The molecule has 1 saturated heterocycles. The van der Waals surface area contributed by atoms with E-state index in [1.807, 2.05) is 24.3 Å². The number of pyridine rings is 1. The number of thioether (sulfide) groups is 1. The summed E-state index contributed by atoms with van der Waals surface area (Å²) in [6, 6.07) is 10.7. The predicted molar refractivity (Wildman–Crippen MR) is 107 cm³/mol. The van der Waals surface area contributed by atoms with Crippen LogP contribution in [0, 0.1) is 0 Å². The van der Waals surface area contributed by atoms with Crippen molar-refractivity contribution in [3.63, 3.8) is 0 Å². The summed E-state index contributed by atoms with van der Waals surface area (Å²) < 4.78 is 23.2. The zero-order valence-electron chi connectivity index (χ0n) is 14.3. The summed E-state index contributed by atoms with van der Waals surface area (Å²) in [5.74, 6) is 0.164. The van der Waals surface area contributed by atoms with Crippen LogP contribution in [0.15, 0.2) is 53.8 Å². The third kappa shape index (κ3) is 4.30. The van der Waals surface area contributed by atoms with Crippen LogP contribution in [0.4, 0.5) is 5.69 Å². The van der Waals surface area contributed by atoms with Crippen LogP contribution in [0.3, 0.4) is 0 Å². The first-order valence-corrected chi connectivity index (χ1v) is 11.2. The lowest BCUT2D eigenvalue weighted by molar-refractivity contribution is 0.0951. The molecule has 0 saturated carbocycles. The molecule has 0 spiro atoms. The summed E-state index contributed by atoms with van der Waals surface area (Å²) in [6.07, 6.45) is 3.41. The largest absolute Gasteiger partial charge is 0.348 e. The number of amidine groups is 1. The zero-order valence-corrected chi connectivity index (χ0v) is 16.0. The maximum atomic E-state index is 12.2. The maximum Gasteiger partial charge on any atom is 0.251 e. The van der Waals surface area contributed by atoms with Gasteiger partial charge in [0.2, 0.25) is 0 Å². The van der Waals surface area contributed by atoms with Gasteiger partial charge in [-0.05, 0) is 35.9 Å². The summed E-state index contributed by atoms with van der Waals surface area (Å²) in [7, 11) is -2.95. The number of carbonyl (C=O) groups excluding carboxylic acids is 1. The SMILES string of the molecule is O=C(NCc1cccnc1)c1ccc(NC2=N[C@@H]3CS(=O)(=O)C[C@H]3S2)cc1. The van der Waals surface area contributed by atoms with E-state index >= 15 is 0 Å². The molecular formula is C18H18N4O3S2. The minimum Gasteiger partial charge on any atom is -0.348 e. The Morgan fingerprint density at radius 3 is 2.70 bits per heavy atom. The van der Waals surface area contributed by atoms with E-state index in [-0.39, 0.29) is 28.7 Å². The molecule has 2 aliphatic heterocycles. The van der Waals surface area contributed by atoms with Crippen LogP contribution in [0.2, 0.25) is 0 Å². The fraction of sp³-hybridized carbons (Fsp3) is 0.278. The molecule has 27 heavy (non-hydrogen) atoms. The normalized spacial score (nSPS) is 22.7. The van der Waals surface area contributed by atoms with Gasteiger partial charge in [-0.1, -0.05) is 17.8 Å². The number of sulfone groups is 1. The van der Waals surface area contributed by atoms with Crippen molar-refractivity contribution in [1.82, 2.24) is 10.3 Å². The second kappa shape index (κ2) is 7.32. The van der Waals surface area contributed by atoms with Gasteiger partial charge in [-0.2, -0.15) is 0 Å². The van der Waals surface area contributed by atoms with Crippen LogP contribution in [-0.2, 0) is 16.4 Å². The molecule has 2 aliphatic rings. The highest BCUT2D eigenvalue weighted by Crippen LogP contribution is 2.34. The van der Waals surface area contributed by atoms with Gasteiger partial charge in [0.25, 0.3) is 5.91 Å². The summed E-state index contributed by atoms with van der Waals surface area (Å²) in [6.45, 7) is 0.422. The number of aromatic nitrogens is 1. The highest BCUT2D eigenvalue weighted by molar-refractivity contribution is 8.15. The van der Waals surface area contributed by atoms with Gasteiger partial charge in [-0.3, -0.25) is 14.8 Å². The van der Waals surface area contributed by atoms with E-state index in [1.165, 1.54) is 11.8 Å². The van der Waals surface area contributed by atoms with E-state index in [9.17, 15) is 13.2 Å². The Kier molecular flexibility index (Phi) is 4.88. The molecule has 2 atom stereocenters. The van der Waals surface area contributed by atoms with Gasteiger partial charge in [0.05, 0.1) is 17.5 Å². The first-order chi connectivity index (χ1) is 13.0. The van der Waals surface area contributed by atoms with Crippen molar-refractivity contribution < 1.29 is 13.2 Å². The number of nitrogens with zero attached hydrogens (tertiary/aromatic N) is 2. The second-order valence-electron chi connectivity index (χ2n) is 6.48. The zero-order chi connectivity index (χ0) is 18.9. The molecule has 140 valence electrons. The molecule has 3 heterocycles. The molecule has 2 aromatic rings. The number of rotatable bonds is 4. The second-order valence-corrected chi connectivity index (χ2v) is 9.86. The molecule has 0 bridgehead atoms. The summed E-state index contributed by atoms with van der Waals surface area (Å²) in [5, 5.41) is 6.80. The molecule has 0 radical (unpaired) electrons. The lowest BCUT2D eigenvalue weighted by atomic mass is 10.2. The van der Waals surface area contributed by atoms with E-state index in [0.717, 1.165) is 16.4 Å². The van der Waals surface area contributed by atoms with E-state index in [2.05, 4.69) is 20.6 Å². The highest BCUT2D eigenvalue weighted by Gasteiger charge is 2.42. The summed E-state index contributed by atoms with van der Waals surface area (Å²) in [5.41, 5.74) is 2.31. The molecule has 0 unspecified atom stereocenters. The topological polar surface area (TPSA) is 101 Å². The van der Waals surface area contributed by atoms with Crippen molar-refractivity contribution in [2.75, 3.05) is 16.8 Å². The summed E-state index contributed by atoms with van der Waals surface area (Å²) in [4.78, 5) is 20.7. The quantitative estimate of drug-likeness (QED) is 0.807. The third-order valence-corrected chi connectivity index (χ3v) is 7.53. The summed E-state index contributed by atoms with van der Waals surface area (Å²) >= 11 is 1.47. The monoisotopic (exact) mass is 402 g/mol. The average molecular weight is 403 g/mol. The highest BCUT2D eigenvalue weighted by atomic mass is 32.2.